The van der Waals surface area contributed by atoms with Crippen molar-refractivity contribution < 1.29 is 19.0 Å². The minimum atomic E-state index is -1.28. The molecule has 178 valence electrons. The summed E-state index contributed by atoms with van der Waals surface area (Å²) in [6, 6.07) is 2.99. The maximum atomic E-state index is 14.0. The zero-order valence-electron chi connectivity index (χ0n) is 19.9. The Kier molecular flexibility index (Phi) is 7.14. The number of halogens is 1. The van der Waals surface area contributed by atoms with Crippen LogP contribution in [0.25, 0.3) is 11.0 Å². The van der Waals surface area contributed by atoms with E-state index in [4.69, 9.17) is 4.74 Å². The van der Waals surface area contributed by atoms with Crippen LogP contribution >= 0.6 is 0 Å². The van der Waals surface area contributed by atoms with Crippen molar-refractivity contribution in [2.45, 2.75) is 41.2 Å². The number of hydrogen-bond acceptors (Lipinski definition) is 9. The molecule has 0 spiro atoms. The van der Waals surface area contributed by atoms with Gasteiger partial charge in [0.1, 0.15) is 35.0 Å². The average molecular weight is 468 g/mol. The molecule has 0 saturated carbocycles. The Morgan fingerprint density at radius 2 is 1.85 bits per heavy atom. The summed E-state index contributed by atoms with van der Waals surface area (Å²) in [5.41, 5.74) is 0.334. The molecule has 0 saturated heterocycles. The number of aliphatic hydroxyl groups is 1. The Bertz CT molecular complexity index is 1310. The number of fused-ring (bicyclic) bond motifs is 1. The van der Waals surface area contributed by atoms with Gasteiger partial charge >= 0.3 is 5.97 Å². The van der Waals surface area contributed by atoms with Crippen molar-refractivity contribution in [3.8, 4) is 0 Å². The zero-order valence-corrected chi connectivity index (χ0v) is 19.9. The van der Waals surface area contributed by atoms with Crippen molar-refractivity contribution >= 4 is 28.4 Å². The van der Waals surface area contributed by atoms with E-state index in [0.29, 0.717) is 28.3 Å². The summed E-state index contributed by atoms with van der Waals surface area (Å²) < 4.78 is 20.4. The number of pyridine rings is 1. The minimum absolute atomic E-state index is 0.0319. The molecule has 0 aliphatic heterocycles. The van der Waals surface area contributed by atoms with E-state index in [0.717, 1.165) is 6.20 Å². The molecule has 10 nitrogen and oxygen atoms in total. The molecule has 3 heterocycles. The van der Waals surface area contributed by atoms with Crippen LogP contribution in [-0.4, -0.2) is 54.3 Å². The number of aromatic nitrogens is 5. The number of methoxy groups -OCH3 is 1. The maximum absolute atomic E-state index is 14.0. The Hall–Kier alpha value is -4.02. The molecule has 0 radical (unpaired) electrons. The van der Waals surface area contributed by atoms with Gasteiger partial charge < -0.3 is 9.84 Å². The van der Waals surface area contributed by atoms with Crippen LogP contribution in [0.2, 0.25) is 0 Å². The summed E-state index contributed by atoms with van der Waals surface area (Å²) in [5, 5.41) is 15.8. The van der Waals surface area contributed by atoms with Crippen molar-refractivity contribution in [1.82, 2.24) is 24.7 Å². The number of carbonyl (C=O) groups excluding carboxylic acids is 1. The highest BCUT2D eigenvalue weighted by molar-refractivity contribution is 6.07. The van der Waals surface area contributed by atoms with E-state index < -0.39 is 23.1 Å². The van der Waals surface area contributed by atoms with Gasteiger partial charge in [-0.15, -0.1) is 0 Å². The van der Waals surface area contributed by atoms with Crippen LogP contribution in [0, 0.1) is 11.2 Å². The SMILES string of the molecule is COC(=O)C(C)(C)/C(N=C(C)C)=C(\O)N=C(C)c1nn(Cc2ncccn2)c2ncc(F)cc12. The topological polar surface area (TPSA) is 128 Å². The fourth-order valence-electron chi connectivity index (χ4n) is 3.27. The molecule has 0 atom stereocenters. The quantitative estimate of drug-likeness (QED) is 0.319. The van der Waals surface area contributed by atoms with Gasteiger partial charge in [-0.1, -0.05) is 0 Å². The molecule has 3 aromatic rings. The number of ether oxygens (including phenoxy) is 1. The number of nitrogens with zero attached hydrogens (tertiary/aromatic N) is 7. The lowest BCUT2D eigenvalue weighted by atomic mass is 9.89. The predicted octanol–water partition coefficient (Wildman–Crippen LogP) is 3.62. The first kappa shape index (κ1) is 24.6. The maximum Gasteiger partial charge on any atom is 0.317 e. The molecule has 0 aliphatic rings. The first-order chi connectivity index (χ1) is 16.0. The van der Waals surface area contributed by atoms with Crippen molar-refractivity contribution in [1.29, 1.82) is 0 Å². The van der Waals surface area contributed by atoms with Crippen LogP contribution in [0.4, 0.5) is 4.39 Å². The normalized spacial score (nSPS) is 13.0. The summed E-state index contributed by atoms with van der Waals surface area (Å²) in [4.78, 5) is 33.5. The Labute approximate surface area is 196 Å². The van der Waals surface area contributed by atoms with Gasteiger partial charge in [0.25, 0.3) is 0 Å². The van der Waals surface area contributed by atoms with Gasteiger partial charge in [-0.25, -0.2) is 29.0 Å². The van der Waals surface area contributed by atoms with Crippen LogP contribution in [0.3, 0.4) is 0 Å². The molecule has 0 bridgehead atoms. The van der Waals surface area contributed by atoms with E-state index in [9.17, 15) is 14.3 Å². The standard InChI is InChI=1S/C23H26FN7O3/c1-13(2)28-19(23(4,5)22(33)34-6)21(32)29-14(3)18-16-10-15(24)11-27-20(16)31(30-18)12-17-25-8-7-9-26-17/h7-11,32H,12H2,1-6H3/b21-19+,29-14?. The molecule has 3 rings (SSSR count). The minimum Gasteiger partial charge on any atom is -0.492 e. The molecule has 0 fully saturated rings. The van der Waals surface area contributed by atoms with E-state index in [1.54, 1.807) is 53.1 Å². The highest BCUT2D eigenvalue weighted by atomic mass is 19.1. The summed E-state index contributed by atoms with van der Waals surface area (Å²) in [7, 11) is 1.26. The van der Waals surface area contributed by atoms with Crippen LogP contribution in [0.15, 0.2) is 52.3 Å². The molecule has 0 aromatic carbocycles. The Balaban J connectivity index is 2.16. The molecule has 3 aromatic heterocycles. The van der Waals surface area contributed by atoms with Gasteiger partial charge in [-0.2, -0.15) is 5.10 Å². The van der Waals surface area contributed by atoms with Gasteiger partial charge in [0.05, 0.1) is 24.4 Å². The molecule has 11 heteroatoms. The first-order valence-electron chi connectivity index (χ1n) is 10.4. The smallest absolute Gasteiger partial charge is 0.317 e. The van der Waals surface area contributed by atoms with Crippen LogP contribution in [-0.2, 0) is 16.1 Å². The molecular formula is C23H26FN7O3. The highest BCUT2D eigenvalue weighted by Crippen LogP contribution is 2.32. The first-order valence-corrected chi connectivity index (χ1v) is 10.4. The lowest BCUT2D eigenvalue weighted by Gasteiger charge is -2.22. The van der Waals surface area contributed by atoms with Crippen molar-refractivity contribution in [2.75, 3.05) is 7.11 Å². The van der Waals surface area contributed by atoms with Crippen LogP contribution in [0.5, 0.6) is 0 Å². The second-order valence-corrected chi connectivity index (χ2v) is 8.24. The van der Waals surface area contributed by atoms with Crippen molar-refractivity contribution in [3.63, 3.8) is 0 Å². The Morgan fingerprint density at radius 3 is 2.47 bits per heavy atom. The second kappa shape index (κ2) is 9.86. The van der Waals surface area contributed by atoms with E-state index in [1.165, 1.54) is 17.9 Å². The lowest BCUT2D eigenvalue weighted by Crippen LogP contribution is -2.28. The number of aliphatic hydroxyl groups excluding tert-OH is 1. The van der Waals surface area contributed by atoms with Crippen molar-refractivity contribution in [3.05, 3.63) is 59.6 Å². The second-order valence-electron chi connectivity index (χ2n) is 8.24. The van der Waals surface area contributed by atoms with Crippen LogP contribution < -0.4 is 0 Å². The average Bonchev–Trinajstić information content (AvgIpc) is 3.14. The lowest BCUT2D eigenvalue weighted by molar-refractivity contribution is -0.148. The third kappa shape index (κ3) is 5.13. The number of aliphatic imine (C=N–C) groups is 2. The summed E-state index contributed by atoms with van der Waals surface area (Å²) in [6.45, 7) is 8.41. The van der Waals surface area contributed by atoms with E-state index in [2.05, 4.69) is 30.0 Å². The van der Waals surface area contributed by atoms with E-state index in [-0.39, 0.29) is 18.0 Å². The van der Waals surface area contributed by atoms with Crippen molar-refractivity contribution in [2.24, 2.45) is 15.4 Å². The monoisotopic (exact) mass is 467 g/mol. The number of esters is 1. The van der Waals surface area contributed by atoms with Gasteiger partial charge in [0.15, 0.2) is 5.65 Å². The summed E-state index contributed by atoms with van der Waals surface area (Å²) >= 11 is 0. The number of rotatable bonds is 7. The predicted molar refractivity (Wildman–Crippen MR) is 125 cm³/mol. The fourth-order valence-corrected chi connectivity index (χ4v) is 3.27. The largest absolute Gasteiger partial charge is 0.492 e. The third-order valence-corrected chi connectivity index (χ3v) is 4.92. The highest BCUT2D eigenvalue weighted by Gasteiger charge is 2.36. The molecule has 34 heavy (non-hydrogen) atoms. The summed E-state index contributed by atoms with van der Waals surface area (Å²) in [6.07, 6.45) is 4.31. The van der Waals surface area contributed by atoms with Crippen LogP contribution in [0.1, 0.15) is 46.1 Å². The molecule has 0 unspecified atom stereocenters. The van der Waals surface area contributed by atoms with Gasteiger partial charge in [-0.05, 0) is 46.8 Å². The number of carbonyl (C=O) groups is 1. The molecule has 0 amide bonds. The van der Waals surface area contributed by atoms with Gasteiger partial charge in [0, 0.05) is 18.1 Å². The zero-order chi connectivity index (χ0) is 25.0. The van der Waals surface area contributed by atoms with E-state index >= 15 is 0 Å². The molecular weight excluding hydrogens is 441 g/mol. The van der Waals surface area contributed by atoms with Gasteiger partial charge in [-0.3, -0.25) is 9.79 Å². The molecule has 1 N–H and O–H groups in total. The fraction of sp³-hybridized carbons (Fsp3) is 0.348. The molecule has 0 aliphatic carbocycles. The van der Waals surface area contributed by atoms with E-state index in [1.807, 2.05) is 0 Å². The third-order valence-electron chi connectivity index (χ3n) is 4.92. The van der Waals surface area contributed by atoms with Gasteiger partial charge in [0.2, 0.25) is 5.88 Å². The summed E-state index contributed by atoms with van der Waals surface area (Å²) in [5.74, 6) is -1.12. The Morgan fingerprint density at radius 1 is 1.18 bits per heavy atom. The number of hydrogen-bond donors (Lipinski definition) is 1.